The van der Waals surface area contributed by atoms with Gasteiger partial charge in [-0.1, -0.05) is 13.3 Å². The lowest BCUT2D eigenvalue weighted by atomic mass is 10.3. The largest absolute Gasteiger partial charge is 0.447 e. The molecule has 0 fully saturated rings. The monoisotopic (exact) mass is 204 g/mol. The maximum Gasteiger partial charge on any atom is 0.404 e. The van der Waals surface area contributed by atoms with Crippen molar-refractivity contribution in [3.8, 4) is 0 Å². The van der Waals surface area contributed by atoms with E-state index in [1.807, 2.05) is 0 Å². The van der Waals surface area contributed by atoms with Gasteiger partial charge in [-0.3, -0.25) is 0 Å². The molecule has 0 bridgehead atoms. The van der Waals surface area contributed by atoms with E-state index < -0.39 is 6.09 Å². The predicted molar refractivity (Wildman–Crippen MR) is 54.1 cm³/mol. The number of hydrogen-bond donors (Lipinski definition) is 2. The first-order valence-electron chi connectivity index (χ1n) is 4.98. The molecule has 5 heteroatoms. The van der Waals surface area contributed by atoms with E-state index in [0.29, 0.717) is 13.2 Å². The lowest BCUT2D eigenvalue weighted by Crippen LogP contribution is -2.22. The third kappa shape index (κ3) is 11.2. The lowest BCUT2D eigenvalue weighted by molar-refractivity contribution is 0.0778. The molecule has 0 unspecified atom stereocenters. The molecule has 3 N–H and O–H groups in total. The molecule has 0 rings (SSSR count). The van der Waals surface area contributed by atoms with E-state index in [9.17, 15) is 4.79 Å². The molecule has 0 saturated heterocycles. The van der Waals surface area contributed by atoms with E-state index in [2.05, 4.69) is 17.0 Å². The summed E-state index contributed by atoms with van der Waals surface area (Å²) in [7, 11) is 0. The van der Waals surface area contributed by atoms with Crippen LogP contribution in [0.15, 0.2) is 0 Å². The van der Waals surface area contributed by atoms with Gasteiger partial charge in [-0.25, -0.2) is 4.79 Å². The van der Waals surface area contributed by atoms with E-state index >= 15 is 0 Å². The Morgan fingerprint density at radius 3 is 2.71 bits per heavy atom. The molecule has 0 heterocycles. The molecule has 14 heavy (non-hydrogen) atoms. The minimum atomic E-state index is -0.755. The fourth-order valence-electron chi connectivity index (χ4n) is 0.874. The van der Waals surface area contributed by atoms with Crippen molar-refractivity contribution in [1.82, 2.24) is 5.32 Å². The van der Waals surface area contributed by atoms with Crippen molar-refractivity contribution in [3.05, 3.63) is 0 Å². The molecule has 0 aliphatic carbocycles. The van der Waals surface area contributed by atoms with Crippen molar-refractivity contribution >= 4 is 6.09 Å². The summed E-state index contributed by atoms with van der Waals surface area (Å²) in [4.78, 5) is 10.1. The standard InChI is InChI=1S/C9H20N2O3/c1-2-3-4-11-5-6-13-7-8-14-9(10)12/h11H,2-8H2,1H3,(H2,10,12). The number of carbonyl (C=O) groups excluding carboxylic acids is 1. The Hall–Kier alpha value is -0.810. The van der Waals surface area contributed by atoms with E-state index in [0.717, 1.165) is 13.1 Å². The van der Waals surface area contributed by atoms with Crippen molar-refractivity contribution in [2.24, 2.45) is 5.73 Å². The van der Waals surface area contributed by atoms with Crippen molar-refractivity contribution in [2.75, 3.05) is 32.9 Å². The van der Waals surface area contributed by atoms with E-state index in [1.165, 1.54) is 12.8 Å². The summed E-state index contributed by atoms with van der Waals surface area (Å²) in [5.41, 5.74) is 4.76. The Balaban J connectivity index is 2.88. The van der Waals surface area contributed by atoms with Gasteiger partial charge in [0.15, 0.2) is 0 Å². The van der Waals surface area contributed by atoms with Gasteiger partial charge in [-0.2, -0.15) is 0 Å². The first-order chi connectivity index (χ1) is 6.77. The zero-order chi connectivity index (χ0) is 10.6. The van der Waals surface area contributed by atoms with Crippen LogP contribution >= 0.6 is 0 Å². The molecule has 5 nitrogen and oxygen atoms in total. The molecular formula is C9H20N2O3. The molecule has 1 amide bonds. The lowest BCUT2D eigenvalue weighted by Gasteiger charge is -2.05. The molecule has 0 aromatic carbocycles. The van der Waals surface area contributed by atoms with Crippen molar-refractivity contribution in [1.29, 1.82) is 0 Å². The average molecular weight is 204 g/mol. The summed E-state index contributed by atoms with van der Waals surface area (Å²) in [5, 5.41) is 3.23. The van der Waals surface area contributed by atoms with E-state index in [4.69, 9.17) is 10.5 Å². The summed E-state index contributed by atoms with van der Waals surface area (Å²) in [6.07, 6.45) is 1.63. The maximum atomic E-state index is 10.1. The number of nitrogens with one attached hydrogen (secondary N) is 1. The Morgan fingerprint density at radius 1 is 1.29 bits per heavy atom. The molecule has 0 radical (unpaired) electrons. The molecule has 0 aromatic heterocycles. The van der Waals surface area contributed by atoms with Crippen LogP contribution in [0.25, 0.3) is 0 Å². The molecular weight excluding hydrogens is 184 g/mol. The summed E-state index contributed by atoms with van der Waals surface area (Å²) >= 11 is 0. The Bertz CT molecular complexity index is 142. The van der Waals surface area contributed by atoms with Crippen LogP contribution in [0.4, 0.5) is 4.79 Å². The zero-order valence-electron chi connectivity index (χ0n) is 8.75. The van der Waals surface area contributed by atoms with Gasteiger partial charge < -0.3 is 20.5 Å². The van der Waals surface area contributed by atoms with Crippen LogP contribution < -0.4 is 11.1 Å². The Labute approximate surface area is 84.9 Å². The predicted octanol–water partition coefficient (Wildman–Crippen LogP) is 0.488. The minimum absolute atomic E-state index is 0.226. The van der Waals surface area contributed by atoms with Gasteiger partial charge in [0.2, 0.25) is 0 Å². The second-order valence-electron chi connectivity index (χ2n) is 2.88. The number of nitrogens with two attached hydrogens (primary N) is 1. The molecule has 0 saturated carbocycles. The van der Waals surface area contributed by atoms with Crippen LogP contribution in [0.2, 0.25) is 0 Å². The fourth-order valence-corrected chi connectivity index (χ4v) is 0.874. The van der Waals surface area contributed by atoms with Gasteiger partial charge in [0.1, 0.15) is 6.61 Å². The van der Waals surface area contributed by atoms with Crippen molar-refractivity contribution in [3.63, 3.8) is 0 Å². The van der Waals surface area contributed by atoms with Crippen LogP contribution in [-0.2, 0) is 9.47 Å². The number of amides is 1. The number of primary amides is 1. The highest BCUT2D eigenvalue weighted by molar-refractivity contribution is 5.64. The molecule has 0 atom stereocenters. The molecule has 0 aliphatic rings. The van der Waals surface area contributed by atoms with Crippen molar-refractivity contribution in [2.45, 2.75) is 19.8 Å². The smallest absolute Gasteiger partial charge is 0.404 e. The number of carbonyl (C=O) groups is 1. The second-order valence-corrected chi connectivity index (χ2v) is 2.88. The third-order valence-corrected chi connectivity index (χ3v) is 1.60. The zero-order valence-corrected chi connectivity index (χ0v) is 8.75. The van der Waals surface area contributed by atoms with Gasteiger partial charge in [-0.05, 0) is 13.0 Å². The second kappa shape index (κ2) is 10.3. The highest BCUT2D eigenvalue weighted by atomic mass is 16.6. The van der Waals surface area contributed by atoms with E-state index in [1.54, 1.807) is 0 Å². The molecule has 0 aromatic rings. The summed E-state index contributed by atoms with van der Waals surface area (Å²) in [5.74, 6) is 0. The van der Waals surface area contributed by atoms with Gasteiger partial charge >= 0.3 is 6.09 Å². The van der Waals surface area contributed by atoms with Gasteiger partial charge in [0, 0.05) is 6.54 Å². The minimum Gasteiger partial charge on any atom is -0.447 e. The summed E-state index contributed by atoms with van der Waals surface area (Å²) in [6.45, 7) is 5.27. The number of ether oxygens (including phenoxy) is 2. The van der Waals surface area contributed by atoms with Gasteiger partial charge in [0.05, 0.1) is 13.2 Å². The number of unbranched alkanes of at least 4 members (excludes halogenated alkanes) is 1. The number of rotatable bonds is 9. The molecule has 0 aliphatic heterocycles. The van der Waals surface area contributed by atoms with Crippen LogP contribution in [0.5, 0.6) is 0 Å². The first kappa shape index (κ1) is 13.2. The normalized spacial score (nSPS) is 10.1. The first-order valence-corrected chi connectivity index (χ1v) is 4.98. The summed E-state index contributed by atoms with van der Waals surface area (Å²) < 4.78 is 9.65. The average Bonchev–Trinajstić information content (AvgIpc) is 2.15. The number of hydrogen-bond acceptors (Lipinski definition) is 4. The fraction of sp³-hybridized carbons (Fsp3) is 0.889. The Kier molecular flexibility index (Phi) is 9.68. The van der Waals surface area contributed by atoms with Crippen LogP contribution in [0.3, 0.4) is 0 Å². The van der Waals surface area contributed by atoms with Gasteiger partial charge in [-0.15, -0.1) is 0 Å². The van der Waals surface area contributed by atoms with Crippen LogP contribution in [0, 0.1) is 0 Å². The molecule has 84 valence electrons. The highest BCUT2D eigenvalue weighted by Crippen LogP contribution is 1.82. The van der Waals surface area contributed by atoms with Gasteiger partial charge in [0.25, 0.3) is 0 Å². The molecule has 0 spiro atoms. The topological polar surface area (TPSA) is 73.6 Å². The van der Waals surface area contributed by atoms with Crippen molar-refractivity contribution < 1.29 is 14.3 Å². The third-order valence-electron chi connectivity index (χ3n) is 1.60. The highest BCUT2D eigenvalue weighted by Gasteiger charge is 1.93. The maximum absolute atomic E-state index is 10.1. The van der Waals surface area contributed by atoms with Crippen LogP contribution in [0.1, 0.15) is 19.8 Å². The summed E-state index contributed by atoms with van der Waals surface area (Å²) in [6, 6.07) is 0. The quantitative estimate of drug-likeness (QED) is 0.536. The van der Waals surface area contributed by atoms with E-state index in [-0.39, 0.29) is 6.61 Å². The van der Waals surface area contributed by atoms with Crippen LogP contribution in [-0.4, -0.2) is 39.0 Å². The SMILES string of the molecule is CCCCNCCOCCOC(N)=O. The Morgan fingerprint density at radius 2 is 2.07 bits per heavy atom.